The van der Waals surface area contributed by atoms with E-state index < -0.39 is 5.91 Å². The Labute approximate surface area is 239 Å². The van der Waals surface area contributed by atoms with Crippen LogP contribution in [0.3, 0.4) is 0 Å². The Morgan fingerprint density at radius 1 is 0.805 bits per heavy atom. The van der Waals surface area contributed by atoms with Crippen LogP contribution in [-0.4, -0.2) is 112 Å². The summed E-state index contributed by atoms with van der Waals surface area (Å²) in [5.41, 5.74) is 6.44. The summed E-state index contributed by atoms with van der Waals surface area (Å²) in [7, 11) is 1.63. The molecule has 14 nitrogen and oxygen atoms in total. The summed E-state index contributed by atoms with van der Waals surface area (Å²) in [5.74, 6) is -1.38. The standard InChI is InChI=1S/C27H39N5O9/c1-36-12-13-39-17-15-38-11-9-32-20-24(30-31-32)21-41-19-18-40-16-14-37-10-8-29-27(35)23-4-2-22(3-5-23)25(33)6-7-26(28)34/h2-7,20H,8-19,21H2,1H3,(H2,28,34)(H,29,35)/b7-6+. The number of carbonyl (C=O) groups is 3. The fraction of sp³-hybridized carbons (Fsp3) is 0.519. The molecule has 0 saturated heterocycles. The molecule has 1 heterocycles. The average molecular weight is 578 g/mol. The lowest BCUT2D eigenvalue weighted by Gasteiger charge is -2.08. The maximum absolute atomic E-state index is 12.2. The lowest BCUT2D eigenvalue weighted by molar-refractivity contribution is -0.113. The number of carbonyl (C=O) groups excluding carboxylic acids is 3. The number of primary amides is 1. The summed E-state index contributed by atoms with van der Waals surface area (Å²) < 4.78 is 33.9. The van der Waals surface area contributed by atoms with Gasteiger partial charge >= 0.3 is 0 Å². The summed E-state index contributed by atoms with van der Waals surface area (Å²) >= 11 is 0. The van der Waals surface area contributed by atoms with E-state index in [0.717, 1.165) is 17.8 Å². The number of hydrogen-bond donors (Lipinski definition) is 2. The Morgan fingerprint density at radius 2 is 1.39 bits per heavy atom. The first kappa shape index (κ1) is 33.7. The second-order valence-electron chi connectivity index (χ2n) is 8.40. The molecule has 0 atom stereocenters. The summed E-state index contributed by atoms with van der Waals surface area (Å²) in [6, 6.07) is 6.07. The number of rotatable bonds is 24. The minimum absolute atomic E-state index is 0.290. The Bertz CT molecular complexity index is 1060. The van der Waals surface area contributed by atoms with E-state index in [1.54, 1.807) is 11.8 Å². The third-order valence-corrected chi connectivity index (χ3v) is 5.21. The van der Waals surface area contributed by atoms with Gasteiger partial charge in [-0.2, -0.15) is 0 Å². The summed E-state index contributed by atoms with van der Waals surface area (Å²) in [5, 5.41) is 10.8. The molecule has 0 aliphatic heterocycles. The third-order valence-electron chi connectivity index (χ3n) is 5.21. The van der Waals surface area contributed by atoms with E-state index in [9.17, 15) is 14.4 Å². The van der Waals surface area contributed by atoms with Gasteiger partial charge in [0.25, 0.3) is 5.91 Å². The number of hydrogen-bond acceptors (Lipinski definition) is 11. The van der Waals surface area contributed by atoms with E-state index in [4.69, 9.17) is 34.2 Å². The molecule has 0 radical (unpaired) electrons. The molecule has 0 bridgehead atoms. The first-order valence-electron chi connectivity index (χ1n) is 13.2. The quantitative estimate of drug-likeness (QED) is 0.0988. The summed E-state index contributed by atoms with van der Waals surface area (Å²) in [4.78, 5) is 34.8. The number of nitrogens with one attached hydrogen (secondary N) is 1. The predicted molar refractivity (Wildman–Crippen MR) is 146 cm³/mol. The molecule has 0 aliphatic carbocycles. The maximum Gasteiger partial charge on any atom is 0.251 e. The van der Waals surface area contributed by atoms with E-state index in [-0.39, 0.29) is 11.7 Å². The predicted octanol–water partition coefficient (Wildman–Crippen LogP) is 0.162. The SMILES string of the molecule is COCCOCCOCCn1cc(COCCOCCOCCNC(=O)c2ccc(C(=O)/C=C/C(N)=O)cc2)nn1. The molecular weight excluding hydrogens is 538 g/mol. The lowest BCUT2D eigenvalue weighted by atomic mass is 10.1. The van der Waals surface area contributed by atoms with Gasteiger partial charge < -0.3 is 39.5 Å². The number of methoxy groups -OCH3 is 1. The smallest absolute Gasteiger partial charge is 0.251 e. The zero-order chi connectivity index (χ0) is 29.5. The van der Waals surface area contributed by atoms with Gasteiger partial charge in [0.15, 0.2) is 5.78 Å². The van der Waals surface area contributed by atoms with Gasteiger partial charge in [0.2, 0.25) is 5.91 Å². The Kier molecular flexibility index (Phi) is 17.5. The normalized spacial score (nSPS) is 11.2. The number of nitrogens with zero attached hydrogens (tertiary/aromatic N) is 3. The van der Waals surface area contributed by atoms with Gasteiger partial charge in [-0.3, -0.25) is 14.4 Å². The van der Waals surface area contributed by atoms with Crippen molar-refractivity contribution < 1.29 is 42.8 Å². The van der Waals surface area contributed by atoms with Gasteiger partial charge in [-0.1, -0.05) is 17.3 Å². The van der Waals surface area contributed by atoms with Crippen LogP contribution in [0.1, 0.15) is 26.4 Å². The van der Waals surface area contributed by atoms with Gasteiger partial charge in [-0.05, 0) is 18.2 Å². The largest absolute Gasteiger partial charge is 0.382 e. The molecule has 2 rings (SSSR count). The van der Waals surface area contributed by atoms with E-state index in [1.165, 1.54) is 24.3 Å². The molecule has 2 aromatic rings. The van der Waals surface area contributed by atoms with Gasteiger partial charge in [-0.25, -0.2) is 4.68 Å². The molecule has 3 N–H and O–H groups in total. The number of ether oxygens (including phenoxy) is 6. The number of allylic oxidation sites excluding steroid dienone is 1. The average Bonchev–Trinajstić information content (AvgIpc) is 3.43. The number of ketones is 1. The third kappa shape index (κ3) is 15.7. The zero-order valence-electron chi connectivity index (χ0n) is 23.3. The molecule has 41 heavy (non-hydrogen) atoms. The fourth-order valence-corrected chi connectivity index (χ4v) is 3.13. The van der Waals surface area contributed by atoms with Crippen LogP contribution in [0.15, 0.2) is 42.6 Å². The van der Waals surface area contributed by atoms with Crippen molar-refractivity contribution in [2.75, 3.05) is 79.7 Å². The highest BCUT2D eigenvalue weighted by Crippen LogP contribution is 2.06. The summed E-state index contributed by atoms with van der Waals surface area (Å²) in [6.45, 7) is 5.82. The highest BCUT2D eigenvalue weighted by atomic mass is 16.5. The van der Waals surface area contributed by atoms with Crippen molar-refractivity contribution in [2.24, 2.45) is 5.73 Å². The molecule has 0 saturated carbocycles. The van der Waals surface area contributed by atoms with Crippen molar-refractivity contribution in [1.82, 2.24) is 20.3 Å². The van der Waals surface area contributed by atoms with E-state index in [0.29, 0.717) is 96.9 Å². The van der Waals surface area contributed by atoms with Gasteiger partial charge in [0, 0.05) is 30.9 Å². The maximum atomic E-state index is 12.2. The first-order valence-corrected chi connectivity index (χ1v) is 13.2. The topological polar surface area (TPSA) is 175 Å². The molecule has 0 aliphatic rings. The molecule has 1 aromatic carbocycles. The molecule has 2 amide bonds. The van der Waals surface area contributed by atoms with Crippen molar-refractivity contribution in [2.45, 2.75) is 13.2 Å². The van der Waals surface area contributed by atoms with Gasteiger partial charge in [0.05, 0.1) is 85.4 Å². The number of amides is 2. The van der Waals surface area contributed by atoms with Crippen molar-refractivity contribution in [3.8, 4) is 0 Å². The summed E-state index contributed by atoms with van der Waals surface area (Å²) in [6.07, 6.45) is 3.89. The Balaban J connectivity index is 1.42. The van der Waals surface area contributed by atoms with Crippen molar-refractivity contribution >= 4 is 17.6 Å². The van der Waals surface area contributed by atoms with Crippen LogP contribution in [0.25, 0.3) is 0 Å². The monoisotopic (exact) mass is 577 g/mol. The molecule has 0 spiro atoms. The number of benzene rings is 1. The molecule has 0 fully saturated rings. The Hall–Kier alpha value is -3.53. The van der Waals surface area contributed by atoms with Crippen LogP contribution in [0.4, 0.5) is 0 Å². The van der Waals surface area contributed by atoms with Crippen molar-refractivity contribution in [3.05, 3.63) is 59.4 Å². The van der Waals surface area contributed by atoms with Crippen LogP contribution in [0.2, 0.25) is 0 Å². The van der Waals surface area contributed by atoms with Gasteiger partial charge in [0.1, 0.15) is 5.69 Å². The highest BCUT2D eigenvalue weighted by molar-refractivity contribution is 6.07. The molecule has 226 valence electrons. The molecule has 0 unspecified atom stereocenters. The minimum atomic E-state index is -0.707. The second kappa shape index (κ2) is 21.2. The molecular formula is C27H39N5O9. The Morgan fingerprint density at radius 3 is 2.05 bits per heavy atom. The second-order valence-corrected chi connectivity index (χ2v) is 8.40. The van der Waals surface area contributed by atoms with Crippen molar-refractivity contribution in [1.29, 1.82) is 0 Å². The van der Waals surface area contributed by atoms with Crippen LogP contribution in [0.5, 0.6) is 0 Å². The minimum Gasteiger partial charge on any atom is -0.382 e. The lowest BCUT2D eigenvalue weighted by Crippen LogP contribution is -2.27. The van der Waals surface area contributed by atoms with Crippen LogP contribution < -0.4 is 11.1 Å². The highest BCUT2D eigenvalue weighted by Gasteiger charge is 2.07. The van der Waals surface area contributed by atoms with E-state index in [1.807, 2.05) is 6.20 Å². The zero-order valence-corrected chi connectivity index (χ0v) is 23.3. The number of aromatic nitrogens is 3. The molecule has 14 heteroatoms. The van der Waals surface area contributed by atoms with Crippen LogP contribution >= 0.6 is 0 Å². The number of nitrogens with two attached hydrogens (primary N) is 1. The van der Waals surface area contributed by atoms with E-state index in [2.05, 4.69) is 15.6 Å². The first-order chi connectivity index (χ1) is 20.0. The van der Waals surface area contributed by atoms with Crippen LogP contribution in [0, 0.1) is 0 Å². The van der Waals surface area contributed by atoms with Crippen molar-refractivity contribution in [3.63, 3.8) is 0 Å². The van der Waals surface area contributed by atoms with Crippen LogP contribution in [-0.2, 0) is 46.4 Å². The fourth-order valence-electron chi connectivity index (χ4n) is 3.13. The van der Waals surface area contributed by atoms with Gasteiger partial charge in [-0.15, -0.1) is 5.10 Å². The van der Waals surface area contributed by atoms with E-state index >= 15 is 0 Å². The molecule has 1 aromatic heterocycles.